The minimum absolute atomic E-state index is 0.257. The molecular weight excluding hydrogens is 278 g/mol. The molecule has 6 heteroatoms. The van der Waals surface area contributed by atoms with Gasteiger partial charge in [0.1, 0.15) is 5.03 Å². The van der Waals surface area contributed by atoms with Gasteiger partial charge < -0.3 is 14.6 Å². The summed E-state index contributed by atoms with van der Waals surface area (Å²) < 4.78 is 10.9. The van der Waals surface area contributed by atoms with Crippen molar-refractivity contribution >= 4 is 17.7 Å². The molecule has 1 N–H and O–H groups in total. The average molecular weight is 299 g/mol. The third kappa shape index (κ3) is 4.77. The van der Waals surface area contributed by atoms with E-state index in [4.69, 9.17) is 9.47 Å². The minimum atomic E-state index is -0.957. The predicted molar refractivity (Wildman–Crippen MR) is 78.4 cm³/mol. The highest BCUT2D eigenvalue weighted by molar-refractivity contribution is 7.99. The molecule has 0 atom stereocenters. The largest absolute Gasteiger partial charge is 0.478 e. The molecule has 0 aliphatic heterocycles. The molecule has 1 heterocycles. The number of rotatable bonds is 8. The van der Waals surface area contributed by atoms with E-state index in [1.807, 2.05) is 20.8 Å². The fourth-order valence-electron chi connectivity index (χ4n) is 1.83. The van der Waals surface area contributed by atoms with Gasteiger partial charge in [-0.05, 0) is 39.3 Å². The molecule has 5 nitrogen and oxygen atoms in total. The van der Waals surface area contributed by atoms with Crippen LogP contribution in [0.3, 0.4) is 0 Å². The Morgan fingerprint density at radius 3 is 2.45 bits per heavy atom. The van der Waals surface area contributed by atoms with Crippen LogP contribution in [-0.4, -0.2) is 41.3 Å². The van der Waals surface area contributed by atoms with Crippen molar-refractivity contribution in [2.75, 3.05) is 19.0 Å². The smallest absolute Gasteiger partial charge is 0.338 e. The molecular formula is C14H21NO4S. The van der Waals surface area contributed by atoms with E-state index < -0.39 is 5.97 Å². The molecule has 1 rings (SSSR count). The molecule has 0 amide bonds. The summed E-state index contributed by atoms with van der Waals surface area (Å²) >= 11 is 1.35. The van der Waals surface area contributed by atoms with E-state index in [9.17, 15) is 9.90 Å². The second-order valence-electron chi connectivity index (χ2n) is 4.22. The topological polar surface area (TPSA) is 68.7 Å². The normalized spacial score (nSPS) is 11.1. The predicted octanol–water partition coefficient (Wildman–Crippen LogP) is 2.89. The van der Waals surface area contributed by atoms with Crippen molar-refractivity contribution in [3.63, 3.8) is 0 Å². The van der Waals surface area contributed by atoms with Crippen molar-refractivity contribution in [1.29, 1.82) is 0 Å². The lowest BCUT2D eigenvalue weighted by molar-refractivity contribution is -0.120. The molecule has 0 saturated heterocycles. The summed E-state index contributed by atoms with van der Waals surface area (Å²) in [4.78, 5) is 15.7. The summed E-state index contributed by atoms with van der Waals surface area (Å²) in [5, 5.41) is 9.81. The van der Waals surface area contributed by atoms with Gasteiger partial charge in [-0.15, -0.1) is 11.8 Å². The van der Waals surface area contributed by atoms with Gasteiger partial charge in [-0.25, -0.2) is 9.78 Å². The number of nitrogens with zero attached hydrogens (tertiary/aromatic N) is 1. The lowest BCUT2D eigenvalue weighted by atomic mass is 10.1. The van der Waals surface area contributed by atoms with Gasteiger partial charge in [-0.3, -0.25) is 0 Å². The fraction of sp³-hybridized carbons (Fsp3) is 0.571. The summed E-state index contributed by atoms with van der Waals surface area (Å²) in [5.41, 5.74) is 1.78. The summed E-state index contributed by atoms with van der Waals surface area (Å²) in [6.45, 7) is 8.54. The lowest BCUT2D eigenvalue weighted by Gasteiger charge is -2.17. The molecule has 0 fully saturated rings. The van der Waals surface area contributed by atoms with E-state index in [1.165, 1.54) is 11.8 Å². The Labute approximate surface area is 123 Å². The van der Waals surface area contributed by atoms with Crippen LogP contribution in [0, 0.1) is 13.8 Å². The first-order chi connectivity index (χ1) is 9.49. The zero-order chi connectivity index (χ0) is 15.1. The highest BCUT2D eigenvalue weighted by Crippen LogP contribution is 2.25. The van der Waals surface area contributed by atoms with Crippen LogP contribution in [0.25, 0.3) is 0 Å². The number of carbonyl (C=O) groups is 1. The summed E-state index contributed by atoms with van der Waals surface area (Å²) in [6.07, 6.45) is -0.348. The van der Waals surface area contributed by atoms with E-state index in [0.717, 1.165) is 11.3 Å². The van der Waals surface area contributed by atoms with Crippen LogP contribution >= 0.6 is 11.8 Å². The second-order valence-corrected chi connectivity index (χ2v) is 5.23. The zero-order valence-corrected chi connectivity index (χ0v) is 13.1. The highest BCUT2D eigenvalue weighted by atomic mass is 32.2. The average Bonchev–Trinajstić information content (AvgIpc) is 2.35. The van der Waals surface area contributed by atoms with Crippen molar-refractivity contribution in [2.45, 2.75) is 39.0 Å². The molecule has 0 radical (unpaired) electrons. The molecule has 112 valence electrons. The number of thioether (sulfide) groups is 1. The van der Waals surface area contributed by atoms with Gasteiger partial charge in [-0.1, -0.05) is 0 Å². The van der Waals surface area contributed by atoms with Crippen LogP contribution in [0.5, 0.6) is 0 Å². The van der Waals surface area contributed by atoms with Crippen molar-refractivity contribution in [3.8, 4) is 0 Å². The monoisotopic (exact) mass is 299 g/mol. The first-order valence-electron chi connectivity index (χ1n) is 6.57. The van der Waals surface area contributed by atoms with Crippen LogP contribution in [0.4, 0.5) is 0 Å². The Morgan fingerprint density at radius 1 is 1.35 bits per heavy atom. The Kier molecular flexibility index (Phi) is 6.98. The van der Waals surface area contributed by atoms with Crippen LogP contribution in [0.2, 0.25) is 0 Å². The number of hydrogen-bond donors (Lipinski definition) is 1. The first kappa shape index (κ1) is 16.9. The number of ether oxygens (including phenoxy) is 2. The van der Waals surface area contributed by atoms with Crippen molar-refractivity contribution in [3.05, 3.63) is 22.9 Å². The SMILES string of the molecule is CCOC(CSc1nc(C)cc(C)c1C(=O)O)OCC. The number of aromatic carboxylic acids is 1. The molecule has 0 aliphatic carbocycles. The quantitative estimate of drug-likeness (QED) is 0.588. The molecule has 0 aliphatic rings. The third-order valence-electron chi connectivity index (χ3n) is 2.59. The van der Waals surface area contributed by atoms with E-state index in [1.54, 1.807) is 13.0 Å². The number of hydrogen-bond acceptors (Lipinski definition) is 5. The standard InChI is InChI=1S/C14H21NO4S/c1-5-18-11(19-6-2)8-20-13-12(14(16)17)9(3)7-10(4)15-13/h7,11H,5-6,8H2,1-4H3,(H,16,17). The van der Waals surface area contributed by atoms with Crippen LogP contribution in [0.15, 0.2) is 11.1 Å². The molecule has 0 aromatic carbocycles. The Morgan fingerprint density at radius 2 is 1.95 bits per heavy atom. The number of carboxylic acids is 1. The number of pyridine rings is 1. The van der Waals surface area contributed by atoms with Gasteiger partial charge >= 0.3 is 5.97 Å². The Hall–Kier alpha value is -1.11. The van der Waals surface area contributed by atoms with Gasteiger partial charge in [0.05, 0.1) is 11.3 Å². The van der Waals surface area contributed by atoms with Crippen molar-refractivity contribution in [1.82, 2.24) is 4.98 Å². The van der Waals surface area contributed by atoms with Gasteiger partial charge in [0, 0.05) is 18.9 Å². The molecule has 0 saturated carbocycles. The minimum Gasteiger partial charge on any atom is -0.478 e. The van der Waals surface area contributed by atoms with Crippen LogP contribution < -0.4 is 0 Å². The maximum atomic E-state index is 11.3. The second kappa shape index (κ2) is 8.24. The summed E-state index contributed by atoms with van der Waals surface area (Å²) in [6, 6.07) is 1.77. The first-order valence-corrected chi connectivity index (χ1v) is 7.55. The fourth-order valence-corrected chi connectivity index (χ4v) is 2.92. The zero-order valence-electron chi connectivity index (χ0n) is 12.3. The molecule has 1 aromatic heterocycles. The molecule has 0 spiro atoms. The Balaban J connectivity index is 2.87. The van der Waals surface area contributed by atoms with Crippen LogP contribution in [0.1, 0.15) is 35.5 Å². The lowest BCUT2D eigenvalue weighted by Crippen LogP contribution is -2.20. The van der Waals surface area contributed by atoms with E-state index in [2.05, 4.69) is 4.98 Å². The van der Waals surface area contributed by atoms with E-state index in [-0.39, 0.29) is 11.9 Å². The maximum Gasteiger partial charge on any atom is 0.338 e. The van der Waals surface area contributed by atoms with Crippen molar-refractivity contribution in [2.24, 2.45) is 0 Å². The van der Waals surface area contributed by atoms with E-state index in [0.29, 0.717) is 24.0 Å². The van der Waals surface area contributed by atoms with Crippen LogP contribution in [-0.2, 0) is 9.47 Å². The van der Waals surface area contributed by atoms with Gasteiger partial charge in [0.2, 0.25) is 0 Å². The summed E-state index contributed by atoms with van der Waals surface area (Å²) in [5.74, 6) is -0.445. The van der Waals surface area contributed by atoms with Gasteiger partial charge in [0.15, 0.2) is 6.29 Å². The molecule has 0 bridgehead atoms. The maximum absolute atomic E-state index is 11.3. The third-order valence-corrected chi connectivity index (χ3v) is 3.59. The highest BCUT2D eigenvalue weighted by Gasteiger charge is 2.18. The van der Waals surface area contributed by atoms with E-state index >= 15 is 0 Å². The van der Waals surface area contributed by atoms with Crippen molar-refractivity contribution < 1.29 is 19.4 Å². The van der Waals surface area contributed by atoms with Gasteiger partial charge in [-0.2, -0.15) is 0 Å². The number of aryl methyl sites for hydroxylation is 2. The Bertz CT molecular complexity index is 459. The van der Waals surface area contributed by atoms with Gasteiger partial charge in [0.25, 0.3) is 0 Å². The molecule has 20 heavy (non-hydrogen) atoms. The molecule has 0 unspecified atom stereocenters. The number of carboxylic acid groups (broad SMARTS) is 1. The number of aromatic nitrogens is 1. The summed E-state index contributed by atoms with van der Waals surface area (Å²) in [7, 11) is 0. The molecule has 1 aromatic rings.